The van der Waals surface area contributed by atoms with Crippen LogP contribution in [0.2, 0.25) is 0 Å². The summed E-state index contributed by atoms with van der Waals surface area (Å²) in [5, 5.41) is 2.28. The van der Waals surface area contributed by atoms with Gasteiger partial charge in [0.2, 0.25) is 5.91 Å². The van der Waals surface area contributed by atoms with E-state index in [0.29, 0.717) is 5.92 Å². The van der Waals surface area contributed by atoms with Crippen LogP contribution >= 0.6 is 11.8 Å². The zero-order valence-corrected chi connectivity index (χ0v) is 16.7. The second-order valence-corrected chi connectivity index (χ2v) is 9.13. The van der Waals surface area contributed by atoms with Crippen molar-refractivity contribution in [3.63, 3.8) is 0 Å². The van der Waals surface area contributed by atoms with Gasteiger partial charge in [0.1, 0.15) is 0 Å². The predicted octanol–water partition coefficient (Wildman–Crippen LogP) is 3.07. The van der Waals surface area contributed by atoms with E-state index in [1.54, 1.807) is 0 Å². The van der Waals surface area contributed by atoms with Crippen LogP contribution in [0, 0.1) is 11.8 Å². The first-order valence-corrected chi connectivity index (χ1v) is 11.0. The summed E-state index contributed by atoms with van der Waals surface area (Å²) >= 11 is 1.36. The number of hydrogen-bond acceptors (Lipinski definition) is 5. The number of amides is 2. The maximum Gasteiger partial charge on any atom is 0.307 e. The number of rotatable bonds is 4. The van der Waals surface area contributed by atoms with Gasteiger partial charge in [0, 0.05) is 18.0 Å². The molecule has 3 aliphatic rings. The molecule has 2 amide bonds. The molecule has 2 fully saturated rings. The van der Waals surface area contributed by atoms with Crippen LogP contribution in [-0.2, 0) is 19.1 Å². The van der Waals surface area contributed by atoms with Gasteiger partial charge in [-0.2, -0.15) is 0 Å². The second kappa shape index (κ2) is 8.55. The van der Waals surface area contributed by atoms with Crippen LogP contribution in [-0.4, -0.2) is 47.6 Å². The van der Waals surface area contributed by atoms with Gasteiger partial charge >= 0.3 is 5.97 Å². The van der Waals surface area contributed by atoms with Gasteiger partial charge in [-0.05, 0) is 36.8 Å². The lowest BCUT2D eigenvalue weighted by molar-refractivity contribution is -0.153. The van der Waals surface area contributed by atoms with Crippen molar-refractivity contribution in [3.8, 4) is 0 Å². The van der Waals surface area contributed by atoms with E-state index in [-0.39, 0.29) is 24.8 Å². The van der Waals surface area contributed by atoms with E-state index in [9.17, 15) is 14.4 Å². The Bertz CT molecular complexity index is 769. The Morgan fingerprint density at radius 2 is 1.93 bits per heavy atom. The number of piperidine rings is 1. The molecule has 28 heavy (non-hydrogen) atoms. The Balaban J connectivity index is 1.24. The second-order valence-electron chi connectivity index (χ2n) is 7.89. The number of anilines is 1. The van der Waals surface area contributed by atoms with Crippen LogP contribution in [0.3, 0.4) is 0 Å². The molecule has 1 saturated heterocycles. The average molecular weight is 403 g/mol. The number of esters is 1. The molecule has 0 bridgehead atoms. The van der Waals surface area contributed by atoms with Crippen LogP contribution < -0.4 is 5.32 Å². The third-order valence-electron chi connectivity index (χ3n) is 6.06. The van der Waals surface area contributed by atoms with E-state index in [1.807, 2.05) is 29.2 Å². The molecule has 4 rings (SSSR count). The number of para-hydroxylation sites is 1. The molecule has 1 N–H and O–H groups in total. The third kappa shape index (κ3) is 4.35. The molecular weight excluding hydrogens is 376 g/mol. The Morgan fingerprint density at radius 3 is 2.79 bits per heavy atom. The number of fused-ring (bicyclic) bond motifs is 2. The van der Waals surface area contributed by atoms with E-state index in [2.05, 4.69) is 5.32 Å². The molecule has 1 aromatic carbocycles. The predicted molar refractivity (Wildman–Crippen MR) is 107 cm³/mol. The van der Waals surface area contributed by atoms with Crippen molar-refractivity contribution in [2.24, 2.45) is 11.8 Å². The number of thioether (sulfide) groups is 1. The van der Waals surface area contributed by atoms with Crippen LogP contribution in [0.5, 0.6) is 0 Å². The number of hydrogen-bond donors (Lipinski definition) is 1. The highest BCUT2D eigenvalue weighted by Gasteiger charge is 2.33. The van der Waals surface area contributed by atoms with E-state index in [0.717, 1.165) is 36.0 Å². The van der Waals surface area contributed by atoms with Gasteiger partial charge in [0.25, 0.3) is 5.91 Å². The third-order valence-corrected chi connectivity index (χ3v) is 7.33. The molecule has 7 heteroatoms. The summed E-state index contributed by atoms with van der Waals surface area (Å²) in [6, 6.07) is 7.50. The van der Waals surface area contributed by atoms with Crippen molar-refractivity contribution in [2.45, 2.75) is 48.7 Å². The summed E-state index contributed by atoms with van der Waals surface area (Å²) in [6.07, 6.45) is 6.06. The lowest BCUT2D eigenvalue weighted by Gasteiger charge is -2.41. The standard InChI is InChI=1S/C21H26N2O4S/c24-19(23-10-9-14-5-1-2-6-15(14)12-23)13-27-20(25)11-18-21(26)22-16-7-3-4-8-17(16)28-18/h3-4,7-8,14-15,18H,1-2,5-6,9-13H2,(H,22,26)/t14-,15-,18-/m1/s1. The van der Waals surface area contributed by atoms with Crippen molar-refractivity contribution < 1.29 is 19.1 Å². The number of carbonyl (C=O) groups excluding carboxylic acids is 3. The highest BCUT2D eigenvalue weighted by atomic mass is 32.2. The number of nitrogens with one attached hydrogen (secondary N) is 1. The van der Waals surface area contributed by atoms with E-state index in [4.69, 9.17) is 4.74 Å². The van der Waals surface area contributed by atoms with Crippen LogP contribution in [0.4, 0.5) is 5.69 Å². The minimum atomic E-state index is -0.532. The van der Waals surface area contributed by atoms with Gasteiger partial charge in [0.05, 0.1) is 17.4 Å². The molecule has 1 saturated carbocycles. The maximum atomic E-state index is 12.5. The van der Waals surface area contributed by atoms with Gasteiger partial charge < -0.3 is 15.0 Å². The minimum Gasteiger partial charge on any atom is -0.456 e. The summed E-state index contributed by atoms with van der Waals surface area (Å²) in [7, 11) is 0. The molecule has 0 spiro atoms. The fraction of sp³-hybridized carbons (Fsp3) is 0.571. The number of carbonyl (C=O) groups is 3. The van der Waals surface area contributed by atoms with Gasteiger partial charge in [-0.15, -0.1) is 11.8 Å². The SMILES string of the molecule is O=C(C[C@H]1Sc2ccccc2NC1=O)OCC(=O)N1CC[C@H]2CCCC[C@@H]2C1. The van der Waals surface area contributed by atoms with Gasteiger partial charge in [-0.25, -0.2) is 0 Å². The highest BCUT2D eigenvalue weighted by Crippen LogP contribution is 2.37. The zero-order valence-electron chi connectivity index (χ0n) is 15.9. The first kappa shape index (κ1) is 19.3. The molecule has 0 unspecified atom stereocenters. The van der Waals surface area contributed by atoms with Crippen molar-refractivity contribution in [1.29, 1.82) is 0 Å². The molecule has 0 aromatic heterocycles. The van der Waals surface area contributed by atoms with Gasteiger partial charge in [-0.3, -0.25) is 14.4 Å². The fourth-order valence-corrected chi connectivity index (χ4v) is 5.59. The van der Waals surface area contributed by atoms with Crippen molar-refractivity contribution in [1.82, 2.24) is 4.90 Å². The molecule has 2 aliphatic heterocycles. The van der Waals surface area contributed by atoms with E-state index >= 15 is 0 Å². The summed E-state index contributed by atoms with van der Waals surface area (Å²) in [4.78, 5) is 39.6. The smallest absolute Gasteiger partial charge is 0.307 e. The Labute approximate surface area is 169 Å². The lowest BCUT2D eigenvalue weighted by atomic mass is 9.75. The Kier molecular flexibility index (Phi) is 5.90. The number of likely N-dealkylation sites (tertiary alicyclic amines) is 1. The molecule has 0 radical (unpaired) electrons. The zero-order chi connectivity index (χ0) is 19.5. The topological polar surface area (TPSA) is 75.7 Å². The van der Waals surface area contributed by atoms with Crippen LogP contribution in [0.1, 0.15) is 38.5 Å². The van der Waals surface area contributed by atoms with Gasteiger partial charge in [0.15, 0.2) is 6.61 Å². The normalized spacial score (nSPS) is 26.6. The Morgan fingerprint density at radius 1 is 1.14 bits per heavy atom. The number of benzene rings is 1. The molecule has 150 valence electrons. The molecule has 6 nitrogen and oxygen atoms in total. The average Bonchev–Trinajstić information content (AvgIpc) is 2.72. The van der Waals surface area contributed by atoms with Crippen LogP contribution in [0.15, 0.2) is 29.2 Å². The van der Waals surface area contributed by atoms with Crippen molar-refractivity contribution in [2.75, 3.05) is 25.0 Å². The Hall–Kier alpha value is -2.02. The molecule has 1 aliphatic carbocycles. The van der Waals surface area contributed by atoms with Crippen molar-refractivity contribution >= 4 is 35.2 Å². The van der Waals surface area contributed by atoms with E-state index in [1.165, 1.54) is 37.4 Å². The largest absolute Gasteiger partial charge is 0.456 e. The van der Waals surface area contributed by atoms with Crippen molar-refractivity contribution in [3.05, 3.63) is 24.3 Å². The van der Waals surface area contributed by atoms with Gasteiger partial charge in [-0.1, -0.05) is 31.4 Å². The van der Waals surface area contributed by atoms with Crippen LogP contribution in [0.25, 0.3) is 0 Å². The summed E-state index contributed by atoms with van der Waals surface area (Å²) < 4.78 is 5.21. The van der Waals surface area contributed by atoms with E-state index < -0.39 is 11.2 Å². The first-order valence-electron chi connectivity index (χ1n) is 10.1. The fourth-order valence-electron chi connectivity index (χ4n) is 4.50. The molecular formula is C21H26N2O4S. The summed E-state index contributed by atoms with van der Waals surface area (Å²) in [5.41, 5.74) is 0.767. The number of nitrogens with zero attached hydrogens (tertiary/aromatic N) is 1. The summed E-state index contributed by atoms with van der Waals surface area (Å²) in [6.45, 7) is 1.32. The lowest BCUT2D eigenvalue weighted by Crippen LogP contribution is -2.46. The molecule has 2 heterocycles. The number of ether oxygens (including phenoxy) is 1. The minimum absolute atomic E-state index is 0.0389. The highest BCUT2D eigenvalue weighted by molar-refractivity contribution is 8.01. The summed E-state index contributed by atoms with van der Waals surface area (Å²) in [5.74, 6) is 0.525. The molecule has 1 aromatic rings. The first-order chi connectivity index (χ1) is 13.6. The monoisotopic (exact) mass is 402 g/mol. The maximum absolute atomic E-state index is 12.5. The molecule has 3 atom stereocenters. The quantitative estimate of drug-likeness (QED) is 0.784.